The molecule has 1 spiro atoms. The van der Waals surface area contributed by atoms with Gasteiger partial charge in [-0.05, 0) is 56.0 Å². The number of phenolic OH excluding ortho intramolecular Hbond substituents is 1. The van der Waals surface area contributed by atoms with Gasteiger partial charge in [-0.2, -0.15) is 0 Å². The Labute approximate surface area is 321 Å². The molecule has 9 heterocycles. The number of phenols is 1. The molecule has 14 heteroatoms. The summed E-state index contributed by atoms with van der Waals surface area (Å²) in [5.41, 5.74) is 4.17. The first-order valence-electron chi connectivity index (χ1n) is 18.9. The summed E-state index contributed by atoms with van der Waals surface area (Å²) in [5, 5.41) is 29.4. The fraction of sp³-hybridized carbons (Fsp3) is 0.463. The number of carbonyl (C=O) groups excluding carboxylic acids is 2. The van der Waals surface area contributed by atoms with Crippen molar-refractivity contribution in [2.75, 3.05) is 39.4 Å². The first kappa shape index (κ1) is 33.8. The van der Waals surface area contributed by atoms with Crippen molar-refractivity contribution in [3.63, 3.8) is 0 Å². The lowest BCUT2D eigenvalue weighted by Gasteiger charge is -2.59. The molecule has 7 atom stereocenters. The normalized spacial score (nSPS) is 32.6. The Hall–Kier alpha value is -4.47. The number of ether oxygens (including phenoxy) is 5. The maximum Gasteiger partial charge on any atom is 0.333 e. The summed E-state index contributed by atoms with van der Waals surface area (Å²) in [5.74, 6) is 1.20. The Bertz CT molecular complexity index is 2420. The third-order valence-electron chi connectivity index (χ3n) is 13.5. The van der Waals surface area contributed by atoms with Gasteiger partial charge in [-0.15, -0.1) is 11.8 Å². The van der Waals surface area contributed by atoms with Crippen LogP contribution in [-0.2, 0) is 31.8 Å². The van der Waals surface area contributed by atoms with E-state index in [1.54, 1.807) is 18.9 Å². The molecule has 0 aliphatic carbocycles. The highest BCUT2D eigenvalue weighted by molar-refractivity contribution is 7.99. The molecule has 4 bridgehead atoms. The van der Waals surface area contributed by atoms with Gasteiger partial charge in [-0.25, -0.2) is 4.79 Å². The van der Waals surface area contributed by atoms with Crippen LogP contribution in [0.15, 0.2) is 30.3 Å². The molecular weight excluding hydrogens is 725 g/mol. The molecule has 0 amide bonds. The zero-order valence-electron chi connectivity index (χ0n) is 31.2. The summed E-state index contributed by atoms with van der Waals surface area (Å²) in [6, 6.07) is 8.53. The van der Waals surface area contributed by atoms with E-state index in [0.29, 0.717) is 53.6 Å². The number of aryl methyl sites for hydroxylation is 1. The number of rotatable bonds is 2. The lowest BCUT2D eigenvalue weighted by Crippen LogP contribution is -2.67. The fourth-order valence-electron chi connectivity index (χ4n) is 11.5. The van der Waals surface area contributed by atoms with Gasteiger partial charge in [0.15, 0.2) is 28.5 Å². The van der Waals surface area contributed by atoms with Crippen LogP contribution in [0.3, 0.4) is 0 Å². The van der Waals surface area contributed by atoms with Crippen LogP contribution in [-0.4, -0.2) is 88.1 Å². The van der Waals surface area contributed by atoms with Gasteiger partial charge in [0.1, 0.15) is 18.1 Å². The highest BCUT2D eigenvalue weighted by Crippen LogP contribution is 2.71. The lowest BCUT2D eigenvalue weighted by molar-refractivity contribution is -0.196. The van der Waals surface area contributed by atoms with Gasteiger partial charge in [0.25, 0.3) is 0 Å². The van der Waals surface area contributed by atoms with Crippen LogP contribution in [0.4, 0.5) is 0 Å². The summed E-state index contributed by atoms with van der Waals surface area (Å²) >= 11 is 1.56. The van der Waals surface area contributed by atoms with Crippen LogP contribution in [0.1, 0.15) is 82.2 Å². The van der Waals surface area contributed by atoms with Crippen molar-refractivity contribution >= 4 is 34.6 Å². The number of fused-ring (bicyclic) bond motifs is 11. The molecule has 4 N–H and O–H groups in total. The van der Waals surface area contributed by atoms with E-state index in [2.05, 4.69) is 39.2 Å². The number of hydrogen-bond donors (Lipinski definition) is 4. The van der Waals surface area contributed by atoms with Crippen molar-refractivity contribution in [1.29, 1.82) is 0 Å². The molecular formula is C41H42N4O9S. The maximum atomic E-state index is 14.8. The number of nitrogens with zero attached hydrogens (tertiary/aromatic N) is 2. The van der Waals surface area contributed by atoms with Gasteiger partial charge < -0.3 is 38.9 Å². The van der Waals surface area contributed by atoms with Gasteiger partial charge in [0.05, 0.1) is 30.1 Å². The topological polar surface area (TPSA) is 155 Å². The highest BCUT2D eigenvalue weighted by atomic mass is 32.2. The number of para-hydroxylation sites is 1. The first-order valence-corrected chi connectivity index (χ1v) is 19.9. The van der Waals surface area contributed by atoms with Crippen molar-refractivity contribution in [3.8, 4) is 28.7 Å². The Morgan fingerprint density at radius 3 is 2.69 bits per heavy atom. The number of benzene rings is 3. The summed E-state index contributed by atoms with van der Waals surface area (Å²) in [6.07, 6.45) is 1.08. The van der Waals surface area contributed by atoms with E-state index in [1.807, 2.05) is 32.0 Å². The smallest absolute Gasteiger partial charge is 0.333 e. The van der Waals surface area contributed by atoms with Gasteiger partial charge in [-0.3, -0.25) is 19.9 Å². The first-order chi connectivity index (χ1) is 26.4. The van der Waals surface area contributed by atoms with E-state index in [1.165, 1.54) is 6.92 Å². The van der Waals surface area contributed by atoms with Crippen LogP contribution in [0, 0.1) is 13.8 Å². The number of H-pyrrole nitrogens is 1. The lowest BCUT2D eigenvalue weighted by atomic mass is 9.75. The zero-order chi connectivity index (χ0) is 37.9. The highest BCUT2D eigenvalue weighted by Gasteiger charge is 2.72. The van der Waals surface area contributed by atoms with Crippen LogP contribution < -0.4 is 24.3 Å². The number of thioether (sulfide) groups is 1. The predicted octanol–water partition coefficient (Wildman–Crippen LogP) is 4.63. The Balaban J connectivity index is 1.19. The number of carbonyl (C=O) groups is 2. The Morgan fingerprint density at radius 2 is 1.89 bits per heavy atom. The quantitative estimate of drug-likeness (QED) is 0.166. The van der Waals surface area contributed by atoms with Crippen LogP contribution in [0.5, 0.6) is 28.7 Å². The molecule has 0 saturated carbocycles. The number of nitrogens with one attached hydrogen (secondary N) is 2. The Kier molecular flexibility index (Phi) is 6.83. The van der Waals surface area contributed by atoms with Gasteiger partial charge in [-0.1, -0.05) is 18.2 Å². The number of piperazine rings is 1. The predicted molar refractivity (Wildman–Crippen MR) is 201 cm³/mol. The van der Waals surface area contributed by atoms with Crippen molar-refractivity contribution in [2.45, 2.75) is 80.7 Å². The van der Waals surface area contributed by atoms with E-state index in [4.69, 9.17) is 23.7 Å². The van der Waals surface area contributed by atoms with Gasteiger partial charge in [0, 0.05) is 76.9 Å². The summed E-state index contributed by atoms with van der Waals surface area (Å²) < 4.78 is 30.8. The van der Waals surface area contributed by atoms with Crippen LogP contribution >= 0.6 is 11.8 Å². The minimum atomic E-state index is -1.37. The Morgan fingerprint density at radius 1 is 1.09 bits per heavy atom. The SMILES string of the molecule is COc1c(C)cc2c(c1O)[C@@H]1C3[C@@H]4SC[C@]5(NCCc6c5[nH]c5ccccc65)C(=O)OC[C@@H](c5c6c(c(C)c(OC(C)=O)c54)OCO6)N3C3(O)CN1C2(C)C3. The molecule has 3 unspecified atom stereocenters. The van der Waals surface area contributed by atoms with Crippen LogP contribution in [0.2, 0.25) is 0 Å². The van der Waals surface area contributed by atoms with Crippen molar-refractivity contribution < 1.29 is 43.5 Å². The van der Waals surface area contributed by atoms with Crippen LogP contribution in [0.25, 0.3) is 10.9 Å². The molecule has 3 fully saturated rings. The number of esters is 2. The molecule has 1 aromatic heterocycles. The molecule has 3 aromatic carbocycles. The number of aromatic hydroxyl groups is 1. The van der Waals surface area contributed by atoms with E-state index in [-0.39, 0.29) is 24.9 Å². The van der Waals surface area contributed by atoms with Gasteiger partial charge in [0.2, 0.25) is 6.79 Å². The van der Waals surface area contributed by atoms with Crippen molar-refractivity contribution in [1.82, 2.24) is 20.1 Å². The number of aliphatic hydroxyl groups is 1. The molecule has 55 heavy (non-hydrogen) atoms. The monoisotopic (exact) mass is 766 g/mol. The standard InChI is InChI=1S/C41H42N4O9S/c1-18-12-23-26(31(47)32(18)50-5)29-30-36-28-27(35-34(52-17-53-35)19(2)33(28)54-20(3)46)25(45(30)40(49)14-39(23,4)44(29)15-40)13-51-38(48)41(16-55-36)37-22(10-11-42-41)21-8-6-7-9-24(21)43-37/h6-9,12,25,29-30,36,42-43,47,49H,10-11,13-17H2,1-5H3/t25-,29+,30?,36+,39?,40?,41+/m0/s1. The second-order valence-electron chi connectivity index (χ2n) is 16.3. The fourth-order valence-corrected chi connectivity index (χ4v) is 13.2. The average molecular weight is 767 g/mol. The van der Waals surface area contributed by atoms with Crippen molar-refractivity contribution in [2.24, 2.45) is 0 Å². The molecule has 4 aromatic rings. The molecule has 3 saturated heterocycles. The number of methoxy groups -OCH3 is 1. The molecule has 286 valence electrons. The van der Waals surface area contributed by atoms with E-state index in [9.17, 15) is 19.8 Å². The second-order valence-corrected chi connectivity index (χ2v) is 17.5. The molecule has 8 aliphatic heterocycles. The number of aromatic amines is 1. The molecule has 0 radical (unpaired) electrons. The summed E-state index contributed by atoms with van der Waals surface area (Å²) in [6.45, 7) is 8.02. The second kappa shape index (κ2) is 11.1. The third-order valence-corrected chi connectivity index (χ3v) is 15.0. The summed E-state index contributed by atoms with van der Waals surface area (Å²) in [7, 11) is 1.57. The third kappa shape index (κ3) is 4.08. The molecule has 8 aliphatic rings. The number of hydrogen-bond acceptors (Lipinski definition) is 13. The van der Waals surface area contributed by atoms with E-state index < -0.39 is 52.1 Å². The summed E-state index contributed by atoms with van der Waals surface area (Å²) in [4.78, 5) is 35.9. The van der Waals surface area contributed by atoms with Gasteiger partial charge >= 0.3 is 11.9 Å². The van der Waals surface area contributed by atoms with Crippen molar-refractivity contribution in [3.05, 3.63) is 75.0 Å². The largest absolute Gasteiger partial charge is 0.504 e. The minimum absolute atomic E-state index is 0.0325. The van der Waals surface area contributed by atoms with E-state index >= 15 is 0 Å². The zero-order valence-corrected chi connectivity index (χ0v) is 32.0. The average Bonchev–Trinajstić information content (AvgIpc) is 3.90. The van der Waals surface area contributed by atoms with E-state index in [0.717, 1.165) is 50.8 Å². The molecule has 12 rings (SSSR count). The maximum absolute atomic E-state index is 14.8. The number of aromatic nitrogens is 1. The minimum Gasteiger partial charge on any atom is -0.504 e. The molecule has 13 nitrogen and oxygen atoms in total.